The lowest BCUT2D eigenvalue weighted by molar-refractivity contribution is -0.158. The highest BCUT2D eigenvalue weighted by atomic mass is 16.5. The SMILES string of the molecule is C=CCCC[C@@H]1CC2=CC(=O)C=C[C@]2(C)[C@H]2CC[C@]3(C)[C@@H](OC(C)=O)CC[C@H]3[C@H]12. The minimum absolute atomic E-state index is 0.00830. The van der Waals surface area contributed by atoms with E-state index in [-0.39, 0.29) is 28.7 Å². The number of carbonyl (C=O) groups is 2. The number of carbonyl (C=O) groups excluding carboxylic acids is 2. The number of ether oxygens (including phenoxy) is 1. The van der Waals surface area contributed by atoms with E-state index in [1.165, 1.54) is 18.4 Å². The Morgan fingerprint density at radius 1 is 1.28 bits per heavy atom. The first-order valence-electron chi connectivity index (χ1n) is 11.5. The molecule has 0 aliphatic heterocycles. The first-order valence-corrected chi connectivity index (χ1v) is 11.5. The van der Waals surface area contributed by atoms with E-state index < -0.39 is 0 Å². The summed E-state index contributed by atoms with van der Waals surface area (Å²) in [6, 6.07) is 0. The topological polar surface area (TPSA) is 43.4 Å². The summed E-state index contributed by atoms with van der Waals surface area (Å²) in [4.78, 5) is 23.9. The molecule has 29 heavy (non-hydrogen) atoms. The maximum atomic E-state index is 12.1. The molecule has 0 aromatic heterocycles. The molecule has 3 saturated carbocycles. The predicted molar refractivity (Wildman–Crippen MR) is 115 cm³/mol. The maximum Gasteiger partial charge on any atom is 0.302 e. The van der Waals surface area contributed by atoms with Gasteiger partial charge in [0.1, 0.15) is 6.10 Å². The van der Waals surface area contributed by atoms with Crippen molar-refractivity contribution in [2.24, 2.45) is 34.5 Å². The highest BCUT2D eigenvalue weighted by Gasteiger charge is 2.61. The summed E-state index contributed by atoms with van der Waals surface area (Å²) < 4.78 is 5.82. The second-order valence-corrected chi connectivity index (χ2v) is 10.4. The van der Waals surface area contributed by atoms with Crippen LogP contribution in [-0.4, -0.2) is 17.9 Å². The van der Waals surface area contributed by atoms with Crippen molar-refractivity contribution in [2.75, 3.05) is 0 Å². The van der Waals surface area contributed by atoms with E-state index in [9.17, 15) is 9.59 Å². The molecule has 3 heteroatoms. The Bertz CT molecular complexity index is 762. The van der Waals surface area contributed by atoms with Crippen molar-refractivity contribution in [1.82, 2.24) is 0 Å². The van der Waals surface area contributed by atoms with Gasteiger partial charge in [0.2, 0.25) is 0 Å². The van der Waals surface area contributed by atoms with Gasteiger partial charge in [0.15, 0.2) is 5.78 Å². The van der Waals surface area contributed by atoms with Crippen LogP contribution in [0.15, 0.2) is 36.5 Å². The smallest absolute Gasteiger partial charge is 0.302 e. The number of hydrogen-bond acceptors (Lipinski definition) is 3. The minimum atomic E-state index is -0.143. The molecule has 0 amide bonds. The quantitative estimate of drug-likeness (QED) is 0.335. The lowest BCUT2D eigenvalue weighted by Gasteiger charge is -2.59. The monoisotopic (exact) mass is 396 g/mol. The van der Waals surface area contributed by atoms with E-state index >= 15 is 0 Å². The number of allylic oxidation sites excluding steroid dienone is 5. The molecule has 0 radical (unpaired) electrons. The predicted octanol–water partition coefficient (Wildman–Crippen LogP) is 5.81. The van der Waals surface area contributed by atoms with Crippen molar-refractivity contribution in [2.45, 2.75) is 78.2 Å². The Kier molecular flexibility index (Phi) is 5.38. The Hall–Kier alpha value is -1.64. The van der Waals surface area contributed by atoms with Gasteiger partial charge in [0, 0.05) is 17.8 Å². The third-order valence-corrected chi connectivity index (χ3v) is 8.94. The van der Waals surface area contributed by atoms with Crippen molar-refractivity contribution >= 4 is 11.8 Å². The molecule has 0 aromatic carbocycles. The van der Waals surface area contributed by atoms with Gasteiger partial charge < -0.3 is 4.74 Å². The fourth-order valence-electron chi connectivity index (χ4n) is 7.51. The molecule has 0 aromatic rings. The molecule has 0 N–H and O–H groups in total. The van der Waals surface area contributed by atoms with Gasteiger partial charge in [-0.15, -0.1) is 6.58 Å². The van der Waals surface area contributed by atoms with Crippen LogP contribution in [0.4, 0.5) is 0 Å². The van der Waals surface area contributed by atoms with Gasteiger partial charge in [0.25, 0.3) is 0 Å². The molecule has 4 rings (SSSR count). The molecule has 0 heterocycles. The summed E-state index contributed by atoms with van der Waals surface area (Å²) in [5, 5.41) is 0. The average Bonchev–Trinajstić information content (AvgIpc) is 2.99. The molecule has 158 valence electrons. The molecule has 7 atom stereocenters. The molecule has 4 aliphatic rings. The fourth-order valence-corrected chi connectivity index (χ4v) is 7.51. The van der Waals surface area contributed by atoms with Gasteiger partial charge in [-0.3, -0.25) is 9.59 Å². The van der Waals surface area contributed by atoms with Crippen molar-refractivity contribution in [3.63, 3.8) is 0 Å². The van der Waals surface area contributed by atoms with Gasteiger partial charge in [-0.25, -0.2) is 0 Å². The first kappa shape index (κ1) is 20.6. The van der Waals surface area contributed by atoms with Crippen LogP contribution >= 0.6 is 0 Å². The van der Waals surface area contributed by atoms with Crippen LogP contribution < -0.4 is 0 Å². The second-order valence-electron chi connectivity index (χ2n) is 10.4. The molecular formula is C26H36O3. The Morgan fingerprint density at radius 3 is 2.79 bits per heavy atom. The lowest BCUT2D eigenvalue weighted by Crippen LogP contribution is -2.53. The molecule has 0 spiro atoms. The zero-order valence-corrected chi connectivity index (χ0v) is 18.3. The van der Waals surface area contributed by atoms with E-state index in [0.717, 1.165) is 38.5 Å². The van der Waals surface area contributed by atoms with Crippen molar-refractivity contribution in [3.8, 4) is 0 Å². The summed E-state index contributed by atoms with van der Waals surface area (Å²) in [5.41, 5.74) is 1.46. The molecule has 3 fully saturated rings. The van der Waals surface area contributed by atoms with E-state index in [2.05, 4.69) is 26.5 Å². The van der Waals surface area contributed by atoms with Crippen LogP contribution in [0, 0.1) is 34.5 Å². The average molecular weight is 397 g/mol. The zero-order valence-electron chi connectivity index (χ0n) is 18.3. The highest BCUT2D eigenvalue weighted by Crippen LogP contribution is 2.66. The van der Waals surface area contributed by atoms with Crippen LogP contribution in [0.5, 0.6) is 0 Å². The Morgan fingerprint density at radius 2 is 2.07 bits per heavy atom. The van der Waals surface area contributed by atoms with Gasteiger partial charge in [-0.2, -0.15) is 0 Å². The molecule has 3 nitrogen and oxygen atoms in total. The van der Waals surface area contributed by atoms with Gasteiger partial charge in [-0.05, 0) is 87.2 Å². The Labute approximate surface area is 175 Å². The third-order valence-electron chi connectivity index (χ3n) is 8.94. The summed E-state index contributed by atoms with van der Waals surface area (Å²) in [5.74, 6) is 2.44. The fraction of sp³-hybridized carbons (Fsp3) is 0.692. The van der Waals surface area contributed by atoms with Crippen LogP contribution in [0.3, 0.4) is 0 Å². The summed E-state index contributed by atoms with van der Waals surface area (Å²) >= 11 is 0. The van der Waals surface area contributed by atoms with Gasteiger partial charge >= 0.3 is 5.97 Å². The summed E-state index contributed by atoms with van der Waals surface area (Å²) in [6.07, 6.45) is 16.9. The van der Waals surface area contributed by atoms with Crippen LogP contribution in [-0.2, 0) is 14.3 Å². The number of ketones is 1. The molecule has 0 unspecified atom stereocenters. The standard InChI is InChI=1S/C26H36O3/c1-5-6-7-8-18-15-19-16-20(28)11-13-25(19,3)22-12-14-26(4)21(24(18)22)9-10-23(26)29-17(2)27/h5,11,13,16,18,21-24H,1,6-10,12,14-15H2,2-4H3/t18-,21+,22+,23+,24+,25+,26+/m1/s1. The molecule has 0 bridgehead atoms. The summed E-state index contributed by atoms with van der Waals surface area (Å²) in [7, 11) is 0. The lowest BCUT2D eigenvalue weighted by atomic mass is 9.45. The normalized spacial score (nSPS) is 43.1. The van der Waals surface area contributed by atoms with Crippen LogP contribution in [0.25, 0.3) is 0 Å². The van der Waals surface area contributed by atoms with E-state index in [4.69, 9.17) is 4.74 Å². The van der Waals surface area contributed by atoms with Crippen LogP contribution in [0.1, 0.15) is 72.1 Å². The van der Waals surface area contributed by atoms with E-state index in [0.29, 0.717) is 23.7 Å². The Balaban J connectivity index is 1.68. The largest absolute Gasteiger partial charge is 0.462 e. The second kappa shape index (κ2) is 7.56. The minimum Gasteiger partial charge on any atom is -0.462 e. The van der Waals surface area contributed by atoms with Gasteiger partial charge in [-0.1, -0.05) is 31.6 Å². The first-order chi connectivity index (χ1) is 13.8. The summed E-state index contributed by atoms with van der Waals surface area (Å²) in [6.45, 7) is 10.2. The number of rotatable bonds is 5. The van der Waals surface area contributed by atoms with E-state index in [1.807, 2.05) is 12.2 Å². The van der Waals surface area contributed by atoms with E-state index in [1.54, 1.807) is 13.0 Å². The number of esters is 1. The van der Waals surface area contributed by atoms with Gasteiger partial charge in [0.05, 0.1) is 0 Å². The number of unbranched alkanes of at least 4 members (excludes halogenated alkanes) is 1. The number of hydrogen-bond donors (Lipinski definition) is 0. The molecule has 0 saturated heterocycles. The molecular weight excluding hydrogens is 360 g/mol. The zero-order chi connectivity index (χ0) is 20.8. The van der Waals surface area contributed by atoms with Crippen molar-refractivity contribution < 1.29 is 14.3 Å². The highest BCUT2D eigenvalue weighted by molar-refractivity contribution is 6.01. The third kappa shape index (κ3) is 3.35. The maximum absolute atomic E-state index is 12.1. The number of fused-ring (bicyclic) bond motifs is 5. The van der Waals surface area contributed by atoms with Crippen molar-refractivity contribution in [3.05, 3.63) is 36.5 Å². The van der Waals surface area contributed by atoms with Crippen molar-refractivity contribution in [1.29, 1.82) is 0 Å². The molecule has 4 aliphatic carbocycles. The van der Waals surface area contributed by atoms with Crippen LogP contribution in [0.2, 0.25) is 0 Å².